The Labute approximate surface area is 112 Å². The van der Waals surface area contributed by atoms with Crippen molar-refractivity contribution in [2.75, 3.05) is 0 Å². The predicted molar refractivity (Wildman–Crippen MR) is 72.7 cm³/mol. The van der Waals surface area contributed by atoms with Crippen LogP contribution in [0.1, 0.15) is 64.2 Å². The van der Waals surface area contributed by atoms with Crippen molar-refractivity contribution in [2.45, 2.75) is 33.1 Å². The minimum atomic E-state index is -0.197. The normalized spacial score (nSPS) is 14.1. The van der Waals surface area contributed by atoms with Crippen LogP contribution in [0.4, 0.5) is 0 Å². The summed E-state index contributed by atoms with van der Waals surface area (Å²) in [4.78, 5) is 35.7. The highest BCUT2D eigenvalue weighted by Gasteiger charge is 2.23. The van der Waals surface area contributed by atoms with Gasteiger partial charge in [0.15, 0.2) is 17.3 Å². The Hall–Kier alpha value is -2.03. The number of rotatable bonds is 4. The molecule has 0 saturated carbocycles. The average Bonchev–Trinajstić information content (AvgIpc) is 2.41. The minimum Gasteiger partial charge on any atom is -0.294 e. The molecule has 19 heavy (non-hydrogen) atoms. The summed E-state index contributed by atoms with van der Waals surface area (Å²) in [5.41, 5.74) is 1.71. The van der Waals surface area contributed by atoms with Gasteiger partial charge in [-0.15, -0.1) is 0 Å². The Balaban J connectivity index is 2.36. The van der Waals surface area contributed by atoms with E-state index >= 15 is 0 Å². The summed E-state index contributed by atoms with van der Waals surface area (Å²) in [5.74, 6) is -0.310. The molecule has 98 valence electrons. The molecule has 0 heterocycles. The molecule has 3 heteroatoms. The van der Waals surface area contributed by atoms with Crippen LogP contribution in [0.15, 0.2) is 29.8 Å². The lowest BCUT2D eigenvalue weighted by Crippen LogP contribution is -2.16. The largest absolute Gasteiger partial charge is 0.294 e. The molecule has 3 nitrogen and oxygen atoms in total. The lowest BCUT2D eigenvalue weighted by atomic mass is 9.88. The zero-order valence-corrected chi connectivity index (χ0v) is 11.2. The lowest BCUT2D eigenvalue weighted by Gasteiger charge is -2.13. The fourth-order valence-electron chi connectivity index (χ4n) is 2.15. The van der Waals surface area contributed by atoms with E-state index in [1.165, 1.54) is 6.08 Å². The van der Waals surface area contributed by atoms with E-state index in [1.54, 1.807) is 25.1 Å². The molecule has 0 unspecified atom stereocenters. The zero-order chi connectivity index (χ0) is 14.0. The highest BCUT2D eigenvalue weighted by atomic mass is 16.1. The number of allylic oxidation sites excluding steroid dienone is 2. The summed E-state index contributed by atoms with van der Waals surface area (Å²) < 4.78 is 0. The topological polar surface area (TPSA) is 51.2 Å². The third-order valence-corrected chi connectivity index (χ3v) is 3.31. The van der Waals surface area contributed by atoms with Crippen molar-refractivity contribution in [3.63, 3.8) is 0 Å². The zero-order valence-electron chi connectivity index (χ0n) is 11.2. The summed E-state index contributed by atoms with van der Waals surface area (Å²) in [6.45, 7) is 3.65. The maximum atomic E-state index is 11.9. The number of fused-ring (bicyclic) bond motifs is 1. The molecule has 1 aromatic rings. The second-order valence-corrected chi connectivity index (χ2v) is 4.81. The van der Waals surface area contributed by atoms with Crippen molar-refractivity contribution in [1.82, 2.24) is 0 Å². The Morgan fingerprint density at radius 1 is 1.16 bits per heavy atom. The number of Topliss-reactive ketones (excluding diaryl/α,β-unsaturated/α-hetero) is 2. The average molecular weight is 256 g/mol. The van der Waals surface area contributed by atoms with Crippen LogP contribution in [0.25, 0.3) is 0 Å². The van der Waals surface area contributed by atoms with Gasteiger partial charge >= 0.3 is 0 Å². The summed E-state index contributed by atoms with van der Waals surface area (Å²) in [6.07, 6.45) is 3.61. The van der Waals surface area contributed by atoms with Gasteiger partial charge in [-0.1, -0.05) is 19.4 Å². The molecule has 0 N–H and O–H groups in total. The first kappa shape index (κ1) is 13.4. The SMILES string of the molecule is CCCCC(=O)c1ccc2c(c1)C(=O)C=C(C)C2=O. The molecule has 1 aromatic carbocycles. The minimum absolute atomic E-state index is 0.0242. The third-order valence-electron chi connectivity index (χ3n) is 3.31. The van der Waals surface area contributed by atoms with Gasteiger partial charge < -0.3 is 0 Å². The molecule has 0 spiro atoms. The van der Waals surface area contributed by atoms with Gasteiger partial charge in [0.25, 0.3) is 0 Å². The number of ketones is 3. The van der Waals surface area contributed by atoms with Crippen LogP contribution in [0.5, 0.6) is 0 Å². The first-order valence-corrected chi connectivity index (χ1v) is 6.49. The van der Waals surface area contributed by atoms with Gasteiger partial charge in [-0.2, -0.15) is 0 Å². The van der Waals surface area contributed by atoms with Gasteiger partial charge in [0, 0.05) is 28.7 Å². The Morgan fingerprint density at radius 3 is 2.58 bits per heavy atom. The van der Waals surface area contributed by atoms with Crippen molar-refractivity contribution in [3.8, 4) is 0 Å². The van der Waals surface area contributed by atoms with Crippen LogP contribution in [-0.4, -0.2) is 17.3 Å². The highest BCUT2D eigenvalue weighted by molar-refractivity contribution is 6.24. The van der Waals surface area contributed by atoms with Crippen LogP contribution in [-0.2, 0) is 0 Å². The molecule has 0 atom stereocenters. The number of carbonyl (C=O) groups is 3. The summed E-state index contributed by atoms with van der Waals surface area (Å²) in [6, 6.07) is 4.78. The van der Waals surface area contributed by atoms with E-state index in [9.17, 15) is 14.4 Å². The van der Waals surface area contributed by atoms with E-state index in [1.807, 2.05) is 6.92 Å². The molecular formula is C16H16O3. The molecular weight excluding hydrogens is 240 g/mol. The molecule has 0 aromatic heterocycles. The summed E-state index contributed by atoms with van der Waals surface area (Å²) in [7, 11) is 0. The van der Waals surface area contributed by atoms with Crippen LogP contribution < -0.4 is 0 Å². The van der Waals surface area contributed by atoms with Crippen molar-refractivity contribution < 1.29 is 14.4 Å². The van der Waals surface area contributed by atoms with E-state index < -0.39 is 0 Å². The first-order valence-electron chi connectivity index (χ1n) is 6.49. The molecule has 2 rings (SSSR count). The van der Waals surface area contributed by atoms with Crippen molar-refractivity contribution in [3.05, 3.63) is 46.5 Å². The van der Waals surface area contributed by atoms with E-state index in [0.717, 1.165) is 12.8 Å². The van der Waals surface area contributed by atoms with Gasteiger partial charge in [0.05, 0.1) is 0 Å². The fraction of sp³-hybridized carbons (Fsp3) is 0.312. The van der Waals surface area contributed by atoms with Gasteiger partial charge in [0.2, 0.25) is 0 Å². The van der Waals surface area contributed by atoms with Crippen LogP contribution >= 0.6 is 0 Å². The van der Waals surface area contributed by atoms with Crippen LogP contribution in [0.3, 0.4) is 0 Å². The predicted octanol–water partition coefficient (Wildman–Crippen LogP) is 3.38. The molecule has 0 saturated heterocycles. The van der Waals surface area contributed by atoms with Gasteiger partial charge in [-0.25, -0.2) is 0 Å². The number of unbranched alkanes of at least 4 members (excludes halogenated alkanes) is 1. The number of hydrogen-bond donors (Lipinski definition) is 0. The van der Waals surface area contributed by atoms with Crippen LogP contribution in [0.2, 0.25) is 0 Å². The molecule has 1 aliphatic carbocycles. The van der Waals surface area contributed by atoms with Crippen LogP contribution in [0, 0.1) is 0 Å². The Kier molecular flexibility index (Phi) is 3.74. The number of hydrogen-bond acceptors (Lipinski definition) is 3. The second-order valence-electron chi connectivity index (χ2n) is 4.81. The quantitative estimate of drug-likeness (QED) is 0.776. The number of benzene rings is 1. The Morgan fingerprint density at radius 2 is 1.89 bits per heavy atom. The van der Waals surface area contributed by atoms with Gasteiger partial charge in [-0.05, 0) is 31.6 Å². The van der Waals surface area contributed by atoms with E-state index in [0.29, 0.717) is 28.7 Å². The van der Waals surface area contributed by atoms with Crippen molar-refractivity contribution in [2.24, 2.45) is 0 Å². The first-order chi connectivity index (χ1) is 9.04. The highest BCUT2D eigenvalue weighted by Crippen LogP contribution is 2.23. The van der Waals surface area contributed by atoms with E-state index in [4.69, 9.17) is 0 Å². The number of carbonyl (C=O) groups excluding carboxylic acids is 3. The molecule has 0 fully saturated rings. The smallest absolute Gasteiger partial charge is 0.189 e. The second kappa shape index (κ2) is 5.31. The van der Waals surface area contributed by atoms with Crippen molar-refractivity contribution >= 4 is 17.3 Å². The monoisotopic (exact) mass is 256 g/mol. The summed E-state index contributed by atoms with van der Waals surface area (Å²) in [5, 5.41) is 0. The molecule has 0 aliphatic heterocycles. The third kappa shape index (κ3) is 2.55. The lowest BCUT2D eigenvalue weighted by molar-refractivity contribution is 0.0973. The fourth-order valence-corrected chi connectivity index (χ4v) is 2.15. The summed E-state index contributed by atoms with van der Waals surface area (Å²) >= 11 is 0. The van der Waals surface area contributed by atoms with E-state index in [2.05, 4.69) is 0 Å². The molecule has 1 aliphatic rings. The maximum absolute atomic E-state index is 11.9. The maximum Gasteiger partial charge on any atom is 0.189 e. The molecule has 0 amide bonds. The molecule has 0 bridgehead atoms. The molecule has 0 radical (unpaired) electrons. The Bertz CT molecular complexity index is 594. The van der Waals surface area contributed by atoms with Crippen molar-refractivity contribution in [1.29, 1.82) is 0 Å². The standard InChI is InChI=1S/C16H16O3/c1-3-4-5-14(17)11-6-7-12-13(9-11)15(18)8-10(2)16(12)19/h6-9H,3-5H2,1-2H3. The van der Waals surface area contributed by atoms with Gasteiger partial charge in [0.1, 0.15) is 0 Å². The van der Waals surface area contributed by atoms with E-state index in [-0.39, 0.29) is 17.3 Å². The van der Waals surface area contributed by atoms with Gasteiger partial charge in [-0.3, -0.25) is 14.4 Å².